The second-order valence-electron chi connectivity index (χ2n) is 5.22. The monoisotopic (exact) mass is 207 g/mol. The average Bonchev–Trinajstić information content (AvgIpc) is 2.67. The Hall–Kier alpha value is -0.760. The summed E-state index contributed by atoms with van der Waals surface area (Å²) in [7, 11) is 2.02. The molecule has 2 atom stereocenters. The molecular formula is C13H21NO. The lowest BCUT2D eigenvalue weighted by Crippen LogP contribution is -2.19. The summed E-state index contributed by atoms with van der Waals surface area (Å²) in [5.74, 6) is 2.91. The van der Waals surface area contributed by atoms with Crippen LogP contribution in [-0.2, 0) is 6.42 Å². The van der Waals surface area contributed by atoms with Gasteiger partial charge >= 0.3 is 0 Å². The summed E-state index contributed by atoms with van der Waals surface area (Å²) in [4.78, 5) is 0. The van der Waals surface area contributed by atoms with E-state index in [0.29, 0.717) is 11.5 Å². The van der Waals surface area contributed by atoms with Crippen molar-refractivity contribution in [2.75, 3.05) is 7.05 Å². The molecule has 2 unspecified atom stereocenters. The SMILES string of the molecule is CCc1ccc(C(NC)C2CC2(C)C)o1. The lowest BCUT2D eigenvalue weighted by molar-refractivity contribution is 0.355. The molecule has 1 aromatic heterocycles. The van der Waals surface area contributed by atoms with E-state index in [1.807, 2.05) is 7.05 Å². The Morgan fingerprint density at radius 1 is 1.53 bits per heavy atom. The second kappa shape index (κ2) is 3.67. The first-order valence-electron chi connectivity index (χ1n) is 5.84. The lowest BCUT2D eigenvalue weighted by atomic mass is 10.0. The smallest absolute Gasteiger partial charge is 0.121 e. The number of rotatable bonds is 4. The molecule has 0 saturated heterocycles. The highest BCUT2D eigenvalue weighted by atomic mass is 16.3. The Labute approximate surface area is 92.1 Å². The maximum Gasteiger partial charge on any atom is 0.121 e. The van der Waals surface area contributed by atoms with Gasteiger partial charge < -0.3 is 9.73 Å². The molecule has 15 heavy (non-hydrogen) atoms. The third kappa shape index (κ3) is 1.96. The molecule has 2 nitrogen and oxygen atoms in total. The summed E-state index contributed by atoms with van der Waals surface area (Å²) in [6, 6.07) is 4.60. The molecule has 0 radical (unpaired) electrons. The zero-order chi connectivity index (χ0) is 11.1. The summed E-state index contributed by atoms with van der Waals surface area (Å²) < 4.78 is 5.82. The summed E-state index contributed by atoms with van der Waals surface area (Å²) >= 11 is 0. The van der Waals surface area contributed by atoms with Crippen molar-refractivity contribution in [3.63, 3.8) is 0 Å². The van der Waals surface area contributed by atoms with Gasteiger partial charge in [-0.2, -0.15) is 0 Å². The Morgan fingerprint density at radius 3 is 2.60 bits per heavy atom. The zero-order valence-electron chi connectivity index (χ0n) is 10.1. The van der Waals surface area contributed by atoms with Gasteiger partial charge in [0.25, 0.3) is 0 Å². The fraction of sp³-hybridized carbons (Fsp3) is 0.692. The van der Waals surface area contributed by atoms with Crippen molar-refractivity contribution in [1.29, 1.82) is 0 Å². The highest BCUT2D eigenvalue weighted by Gasteiger charge is 2.50. The van der Waals surface area contributed by atoms with Crippen LogP contribution < -0.4 is 5.32 Å². The van der Waals surface area contributed by atoms with E-state index in [1.165, 1.54) is 6.42 Å². The summed E-state index contributed by atoms with van der Waals surface area (Å²) in [6.45, 7) is 6.77. The molecule has 0 bridgehead atoms. The van der Waals surface area contributed by atoms with Crippen LogP contribution in [0.5, 0.6) is 0 Å². The van der Waals surface area contributed by atoms with Gasteiger partial charge in [-0.25, -0.2) is 0 Å². The number of aryl methyl sites for hydroxylation is 1. The average molecular weight is 207 g/mol. The predicted octanol–water partition coefficient (Wildman–Crippen LogP) is 3.15. The van der Waals surface area contributed by atoms with Crippen LogP contribution in [0.4, 0.5) is 0 Å². The minimum Gasteiger partial charge on any atom is -0.464 e. The van der Waals surface area contributed by atoms with E-state index in [-0.39, 0.29) is 0 Å². The third-order valence-electron chi connectivity index (χ3n) is 3.64. The van der Waals surface area contributed by atoms with Crippen molar-refractivity contribution in [1.82, 2.24) is 5.32 Å². The molecule has 1 N–H and O–H groups in total. The van der Waals surface area contributed by atoms with Crippen LogP contribution in [0.3, 0.4) is 0 Å². The van der Waals surface area contributed by atoms with Crippen molar-refractivity contribution < 1.29 is 4.42 Å². The van der Waals surface area contributed by atoms with E-state index in [4.69, 9.17) is 4.42 Å². The molecule has 2 rings (SSSR count). The molecule has 0 aliphatic heterocycles. The van der Waals surface area contributed by atoms with Crippen molar-refractivity contribution >= 4 is 0 Å². The molecule has 84 valence electrons. The fourth-order valence-corrected chi connectivity index (χ4v) is 2.37. The van der Waals surface area contributed by atoms with Crippen molar-refractivity contribution in [3.8, 4) is 0 Å². The first kappa shape index (κ1) is 10.7. The fourth-order valence-electron chi connectivity index (χ4n) is 2.37. The van der Waals surface area contributed by atoms with Crippen LogP contribution >= 0.6 is 0 Å². The van der Waals surface area contributed by atoms with Gasteiger partial charge in [0.05, 0.1) is 6.04 Å². The van der Waals surface area contributed by atoms with E-state index < -0.39 is 0 Å². The third-order valence-corrected chi connectivity index (χ3v) is 3.64. The first-order chi connectivity index (χ1) is 7.08. The largest absolute Gasteiger partial charge is 0.464 e. The van der Waals surface area contributed by atoms with Crippen LogP contribution in [0.2, 0.25) is 0 Å². The maximum atomic E-state index is 5.82. The Kier molecular flexibility index (Phi) is 2.63. The number of hydrogen-bond donors (Lipinski definition) is 1. The highest BCUT2D eigenvalue weighted by Crippen LogP contribution is 2.57. The zero-order valence-corrected chi connectivity index (χ0v) is 10.1. The minimum atomic E-state index is 0.389. The van der Waals surface area contributed by atoms with Gasteiger partial charge in [0.1, 0.15) is 11.5 Å². The molecule has 0 amide bonds. The molecule has 0 spiro atoms. The minimum absolute atomic E-state index is 0.389. The van der Waals surface area contributed by atoms with E-state index in [0.717, 1.165) is 23.9 Å². The first-order valence-corrected chi connectivity index (χ1v) is 5.84. The molecule has 0 aromatic carbocycles. The number of hydrogen-bond acceptors (Lipinski definition) is 2. The molecule has 1 aromatic rings. The molecular weight excluding hydrogens is 186 g/mol. The Balaban J connectivity index is 2.13. The van der Waals surface area contributed by atoms with E-state index >= 15 is 0 Å². The summed E-state index contributed by atoms with van der Waals surface area (Å²) in [5, 5.41) is 3.38. The molecule has 1 aliphatic carbocycles. The van der Waals surface area contributed by atoms with Gasteiger partial charge in [-0.05, 0) is 36.9 Å². The van der Waals surface area contributed by atoms with Crippen molar-refractivity contribution in [2.24, 2.45) is 11.3 Å². The lowest BCUT2D eigenvalue weighted by Gasteiger charge is -2.15. The molecule has 2 heteroatoms. The summed E-state index contributed by atoms with van der Waals surface area (Å²) in [6.07, 6.45) is 2.27. The quantitative estimate of drug-likeness (QED) is 0.820. The van der Waals surface area contributed by atoms with Gasteiger partial charge in [0.2, 0.25) is 0 Å². The van der Waals surface area contributed by atoms with E-state index in [1.54, 1.807) is 0 Å². The van der Waals surface area contributed by atoms with Crippen LogP contribution in [0.15, 0.2) is 16.5 Å². The normalized spacial score (nSPS) is 25.2. The topological polar surface area (TPSA) is 25.2 Å². The Bertz CT molecular complexity index is 340. The summed E-state index contributed by atoms with van der Waals surface area (Å²) in [5.41, 5.74) is 0.479. The van der Waals surface area contributed by atoms with Gasteiger partial charge in [0, 0.05) is 6.42 Å². The second-order valence-corrected chi connectivity index (χ2v) is 5.22. The molecule has 1 aliphatic rings. The van der Waals surface area contributed by atoms with Crippen LogP contribution in [-0.4, -0.2) is 7.05 Å². The molecule has 1 heterocycles. The van der Waals surface area contributed by atoms with E-state index in [2.05, 4.69) is 38.2 Å². The van der Waals surface area contributed by atoms with Gasteiger partial charge in [-0.15, -0.1) is 0 Å². The van der Waals surface area contributed by atoms with Gasteiger partial charge in [0.15, 0.2) is 0 Å². The van der Waals surface area contributed by atoms with Crippen LogP contribution in [0.1, 0.15) is 44.8 Å². The molecule has 1 fully saturated rings. The highest BCUT2D eigenvalue weighted by molar-refractivity contribution is 5.16. The number of furan rings is 1. The Morgan fingerprint density at radius 2 is 2.20 bits per heavy atom. The predicted molar refractivity (Wildman–Crippen MR) is 61.8 cm³/mol. The standard InChI is InChI=1S/C13H21NO/c1-5-9-6-7-11(15-9)12(14-4)10-8-13(10,2)3/h6-7,10,12,14H,5,8H2,1-4H3. The van der Waals surface area contributed by atoms with Gasteiger partial charge in [-0.3, -0.25) is 0 Å². The van der Waals surface area contributed by atoms with Crippen molar-refractivity contribution in [3.05, 3.63) is 23.7 Å². The maximum absolute atomic E-state index is 5.82. The van der Waals surface area contributed by atoms with Crippen molar-refractivity contribution in [2.45, 2.75) is 39.7 Å². The van der Waals surface area contributed by atoms with Crippen LogP contribution in [0, 0.1) is 11.3 Å². The molecule has 1 saturated carbocycles. The van der Waals surface area contributed by atoms with E-state index in [9.17, 15) is 0 Å². The number of nitrogens with one attached hydrogen (secondary N) is 1. The van der Waals surface area contributed by atoms with Crippen LogP contribution in [0.25, 0.3) is 0 Å². The van der Waals surface area contributed by atoms with Gasteiger partial charge in [-0.1, -0.05) is 20.8 Å².